The fourth-order valence-corrected chi connectivity index (χ4v) is 5.12. The van der Waals surface area contributed by atoms with Crippen molar-refractivity contribution >= 4 is 17.0 Å². The Balaban J connectivity index is 1.26. The van der Waals surface area contributed by atoms with Crippen LogP contribution >= 0.6 is 0 Å². The first-order valence-electron chi connectivity index (χ1n) is 11.7. The molecule has 1 aromatic carbocycles. The van der Waals surface area contributed by atoms with E-state index in [1.165, 1.54) is 17.9 Å². The van der Waals surface area contributed by atoms with Gasteiger partial charge in [0.15, 0.2) is 0 Å². The number of halogens is 1. The van der Waals surface area contributed by atoms with E-state index in [1.54, 1.807) is 6.07 Å². The molecule has 2 aliphatic rings. The fraction of sp³-hybridized carbons (Fsp3) is 0.565. The average Bonchev–Trinajstić information content (AvgIpc) is 3.58. The van der Waals surface area contributed by atoms with E-state index in [0.29, 0.717) is 17.8 Å². The maximum atomic E-state index is 14.6. The molecule has 10 heteroatoms. The first-order chi connectivity index (χ1) is 16.1. The monoisotopic (exact) mass is 456 g/mol. The topological polar surface area (TPSA) is 89.5 Å². The van der Waals surface area contributed by atoms with Crippen molar-refractivity contribution in [3.63, 3.8) is 0 Å². The quantitative estimate of drug-likeness (QED) is 0.580. The SMILES string of the molecule is CCc1nn(-c2noc(C3CCN(C[C@@H]4CCCN4C(=O)OC)CC3)n2)c2c(F)cccc12. The molecule has 176 valence electrons. The third kappa shape index (κ3) is 4.07. The molecule has 2 aromatic heterocycles. The van der Waals surface area contributed by atoms with E-state index < -0.39 is 0 Å². The number of carbonyl (C=O) groups is 1. The highest BCUT2D eigenvalue weighted by Gasteiger charge is 2.33. The van der Waals surface area contributed by atoms with E-state index in [4.69, 9.17) is 9.26 Å². The van der Waals surface area contributed by atoms with Gasteiger partial charge in [0.05, 0.1) is 12.8 Å². The van der Waals surface area contributed by atoms with Gasteiger partial charge in [0.2, 0.25) is 5.89 Å². The molecule has 1 amide bonds. The summed E-state index contributed by atoms with van der Waals surface area (Å²) in [5.41, 5.74) is 1.18. The van der Waals surface area contributed by atoms with Crippen LogP contribution < -0.4 is 0 Å². The van der Waals surface area contributed by atoms with Crippen molar-refractivity contribution in [2.45, 2.75) is 51.0 Å². The maximum absolute atomic E-state index is 14.6. The van der Waals surface area contributed by atoms with Gasteiger partial charge in [-0.05, 0) is 56.4 Å². The van der Waals surface area contributed by atoms with Gasteiger partial charge in [0, 0.05) is 30.4 Å². The second-order valence-electron chi connectivity index (χ2n) is 8.82. The molecule has 4 heterocycles. The summed E-state index contributed by atoms with van der Waals surface area (Å²) in [5, 5.41) is 9.42. The van der Waals surface area contributed by atoms with Crippen LogP contribution in [0.1, 0.15) is 50.1 Å². The number of piperidine rings is 1. The zero-order valence-corrected chi connectivity index (χ0v) is 19.0. The highest BCUT2D eigenvalue weighted by Crippen LogP contribution is 2.30. The van der Waals surface area contributed by atoms with Crippen LogP contribution in [0.15, 0.2) is 22.7 Å². The van der Waals surface area contributed by atoms with Crippen molar-refractivity contribution in [2.24, 2.45) is 0 Å². The van der Waals surface area contributed by atoms with Crippen molar-refractivity contribution in [3.05, 3.63) is 35.6 Å². The third-order valence-electron chi connectivity index (χ3n) is 6.88. The largest absolute Gasteiger partial charge is 0.453 e. The second-order valence-corrected chi connectivity index (χ2v) is 8.82. The number of hydrogen-bond donors (Lipinski definition) is 0. The van der Waals surface area contributed by atoms with Crippen molar-refractivity contribution in [3.8, 4) is 5.95 Å². The van der Waals surface area contributed by atoms with Crippen LogP contribution in [0, 0.1) is 5.82 Å². The van der Waals surface area contributed by atoms with E-state index in [1.807, 2.05) is 17.9 Å². The highest BCUT2D eigenvalue weighted by molar-refractivity contribution is 5.83. The van der Waals surface area contributed by atoms with E-state index in [9.17, 15) is 9.18 Å². The Bertz CT molecular complexity index is 1140. The summed E-state index contributed by atoms with van der Waals surface area (Å²) in [4.78, 5) is 20.8. The minimum absolute atomic E-state index is 0.153. The van der Waals surface area contributed by atoms with Gasteiger partial charge in [0.1, 0.15) is 11.3 Å². The molecule has 9 nitrogen and oxygen atoms in total. The lowest BCUT2D eigenvalue weighted by atomic mass is 9.96. The van der Waals surface area contributed by atoms with Crippen molar-refractivity contribution in [2.75, 3.05) is 33.3 Å². The molecule has 0 radical (unpaired) electrons. The van der Waals surface area contributed by atoms with Crippen LogP contribution in [0.5, 0.6) is 0 Å². The molecular weight excluding hydrogens is 427 g/mol. The molecule has 3 aromatic rings. The predicted octanol–water partition coefficient (Wildman–Crippen LogP) is 3.52. The maximum Gasteiger partial charge on any atom is 0.409 e. The molecule has 0 bridgehead atoms. The Morgan fingerprint density at radius 3 is 2.82 bits per heavy atom. The van der Waals surface area contributed by atoms with Gasteiger partial charge in [-0.25, -0.2) is 9.18 Å². The normalized spacial score (nSPS) is 20.1. The van der Waals surface area contributed by atoms with Crippen LogP contribution in [-0.2, 0) is 11.2 Å². The minimum atomic E-state index is -0.354. The zero-order valence-electron chi connectivity index (χ0n) is 19.0. The number of carbonyl (C=O) groups excluding carboxylic acids is 1. The molecule has 2 fully saturated rings. The molecular formula is C23H29FN6O3. The standard InChI is InChI=1S/C23H29FN6O3/c1-3-19-17-7-4-8-18(24)20(17)30(26-19)22-25-21(33-27-22)15-9-12-28(13-10-15)14-16-6-5-11-29(16)23(31)32-2/h4,7-8,15-16H,3,5-6,9-14H2,1-2H3/t16-/m0/s1. The van der Waals surface area contributed by atoms with Crippen LogP contribution in [0.25, 0.3) is 16.9 Å². The van der Waals surface area contributed by atoms with Crippen molar-refractivity contribution in [1.29, 1.82) is 0 Å². The number of ether oxygens (including phenoxy) is 1. The van der Waals surface area contributed by atoms with E-state index in [2.05, 4.69) is 20.1 Å². The van der Waals surface area contributed by atoms with Gasteiger partial charge < -0.3 is 19.1 Å². The first-order valence-corrected chi connectivity index (χ1v) is 11.7. The fourth-order valence-electron chi connectivity index (χ4n) is 5.12. The first kappa shape index (κ1) is 21.8. The number of para-hydroxylation sites is 1. The number of likely N-dealkylation sites (tertiary alicyclic amines) is 2. The molecule has 1 atom stereocenters. The van der Waals surface area contributed by atoms with Crippen LogP contribution in [0.2, 0.25) is 0 Å². The van der Waals surface area contributed by atoms with Gasteiger partial charge in [-0.15, -0.1) is 0 Å². The molecule has 0 aliphatic carbocycles. The number of rotatable bonds is 5. The van der Waals surface area contributed by atoms with Gasteiger partial charge in [-0.2, -0.15) is 14.8 Å². The Morgan fingerprint density at radius 1 is 1.24 bits per heavy atom. The Morgan fingerprint density at radius 2 is 2.06 bits per heavy atom. The number of aromatic nitrogens is 4. The summed E-state index contributed by atoms with van der Waals surface area (Å²) in [6.45, 7) is 5.40. The highest BCUT2D eigenvalue weighted by atomic mass is 19.1. The molecule has 0 N–H and O–H groups in total. The Labute approximate surface area is 191 Å². The average molecular weight is 457 g/mol. The predicted molar refractivity (Wildman–Crippen MR) is 119 cm³/mol. The van der Waals surface area contributed by atoms with Gasteiger partial charge >= 0.3 is 6.09 Å². The number of hydrogen-bond acceptors (Lipinski definition) is 7. The van der Waals surface area contributed by atoms with E-state index >= 15 is 0 Å². The smallest absolute Gasteiger partial charge is 0.409 e. The Hall–Kier alpha value is -3.01. The lowest BCUT2D eigenvalue weighted by molar-refractivity contribution is 0.101. The number of amides is 1. The summed E-state index contributed by atoms with van der Waals surface area (Å²) in [6, 6.07) is 5.18. The Kier molecular flexibility index (Phi) is 6.01. The van der Waals surface area contributed by atoms with Crippen LogP contribution in [0.3, 0.4) is 0 Å². The molecule has 0 unspecified atom stereocenters. The molecule has 2 saturated heterocycles. The molecule has 33 heavy (non-hydrogen) atoms. The number of methoxy groups -OCH3 is 1. The minimum Gasteiger partial charge on any atom is -0.453 e. The molecule has 5 rings (SSSR count). The summed E-state index contributed by atoms with van der Waals surface area (Å²) in [7, 11) is 1.44. The summed E-state index contributed by atoms with van der Waals surface area (Å²) < 4.78 is 26.5. The van der Waals surface area contributed by atoms with E-state index in [-0.39, 0.29) is 29.8 Å². The number of nitrogens with zero attached hydrogens (tertiary/aromatic N) is 6. The van der Waals surface area contributed by atoms with Crippen molar-refractivity contribution < 1.29 is 18.4 Å². The van der Waals surface area contributed by atoms with Crippen LogP contribution in [-0.4, -0.2) is 75.1 Å². The molecule has 2 aliphatic heterocycles. The number of aryl methyl sites for hydroxylation is 1. The second kappa shape index (κ2) is 9.09. The van der Waals surface area contributed by atoms with E-state index in [0.717, 1.165) is 62.9 Å². The van der Waals surface area contributed by atoms with Gasteiger partial charge in [-0.3, -0.25) is 0 Å². The third-order valence-corrected chi connectivity index (χ3v) is 6.88. The lowest BCUT2D eigenvalue weighted by Gasteiger charge is -2.34. The summed E-state index contributed by atoms with van der Waals surface area (Å²) in [6.07, 6.45) is 4.26. The van der Waals surface area contributed by atoms with Crippen LogP contribution in [0.4, 0.5) is 9.18 Å². The summed E-state index contributed by atoms with van der Waals surface area (Å²) in [5.74, 6) is 0.633. The molecule has 0 spiro atoms. The number of benzene rings is 1. The summed E-state index contributed by atoms with van der Waals surface area (Å²) >= 11 is 0. The lowest BCUT2D eigenvalue weighted by Crippen LogP contribution is -2.45. The molecule has 0 saturated carbocycles. The van der Waals surface area contributed by atoms with Gasteiger partial charge in [0.25, 0.3) is 5.95 Å². The van der Waals surface area contributed by atoms with Crippen molar-refractivity contribution in [1.82, 2.24) is 29.7 Å². The number of fused-ring (bicyclic) bond motifs is 1. The zero-order chi connectivity index (χ0) is 22.9. The van der Waals surface area contributed by atoms with Gasteiger partial charge in [-0.1, -0.05) is 19.1 Å².